The number of ether oxygens (including phenoxy) is 1. The molecule has 39 heteroatoms. The van der Waals surface area contributed by atoms with Crippen LogP contribution in [0.15, 0.2) is 180 Å². The van der Waals surface area contributed by atoms with Crippen LogP contribution in [0, 0.1) is 17.5 Å². The number of likely N-dealkylation sites (N-methyl/N-ethyl adjacent to an activating group) is 2. The van der Waals surface area contributed by atoms with Crippen LogP contribution < -0.4 is 33.6 Å². The molecule has 3 aliphatic carbocycles. The first kappa shape index (κ1) is 89.7. The quantitative estimate of drug-likeness (QED) is 0.0673. The van der Waals surface area contributed by atoms with Gasteiger partial charge in [-0.2, -0.15) is 39.5 Å². The van der Waals surface area contributed by atoms with Crippen LogP contribution >= 0.6 is 0 Å². The van der Waals surface area contributed by atoms with Gasteiger partial charge in [0.05, 0.1) is 40.1 Å². The largest absolute Gasteiger partial charge is 0.482 e. The van der Waals surface area contributed by atoms with E-state index >= 15 is 13.2 Å². The molecule has 660 valence electrons. The molecule has 9 atom stereocenters. The van der Waals surface area contributed by atoms with Crippen molar-refractivity contribution in [2.75, 3.05) is 83.3 Å². The zero-order valence-electron chi connectivity index (χ0n) is 67.5. The lowest BCUT2D eigenvalue weighted by Crippen LogP contribution is -2.57. The van der Waals surface area contributed by atoms with E-state index in [1.807, 2.05) is 33.1 Å². The van der Waals surface area contributed by atoms with Gasteiger partial charge in [0, 0.05) is 73.5 Å². The highest BCUT2D eigenvalue weighted by molar-refractivity contribution is 7.93. The number of sulfonamides is 3. The minimum atomic E-state index is -4.45. The predicted octanol–water partition coefficient (Wildman–Crippen LogP) is 15.4. The molecule has 0 radical (unpaired) electrons. The highest BCUT2D eigenvalue weighted by Gasteiger charge is 2.47. The van der Waals surface area contributed by atoms with Gasteiger partial charge >= 0.3 is 18.5 Å². The summed E-state index contributed by atoms with van der Waals surface area (Å²) in [5, 5.41) is 0. The minimum absolute atomic E-state index is 0.00269. The van der Waals surface area contributed by atoms with Crippen LogP contribution in [0.25, 0.3) is 0 Å². The van der Waals surface area contributed by atoms with Crippen LogP contribution in [-0.2, 0) is 71.0 Å². The maximum Gasteiger partial charge on any atom is 0.416 e. The maximum absolute atomic E-state index is 15.5. The summed E-state index contributed by atoms with van der Waals surface area (Å²) < 4.78 is 257. The molecular weight excluding hydrogens is 1700 g/mol. The number of fused-ring (bicyclic) bond motifs is 3. The number of likely N-dealkylation sites (tertiary alicyclic amines) is 1. The van der Waals surface area contributed by atoms with Crippen molar-refractivity contribution < 1.29 is 92.3 Å². The number of amides is 2. The van der Waals surface area contributed by atoms with Gasteiger partial charge in [0.25, 0.3) is 36.0 Å². The first-order valence-corrected chi connectivity index (χ1v) is 44.7. The Labute approximate surface area is 709 Å². The molecule has 24 nitrogen and oxygen atoms in total. The number of hydrogen-bond donors (Lipinski definition) is 3. The number of anilines is 6. The molecule has 0 spiro atoms. The third-order valence-corrected chi connectivity index (χ3v) is 28.3. The van der Waals surface area contributed by atoms with Crippen molar-refractivity contribution in [3.05, 3.63) is 227 Å². The van der Waals surface area contributed by atoms with Crippen molar-refractivity contribution in [3.8, 4) is 5.75 Å². The molecule has 3 N–H and O–H groups in total. The number of benzene rings is 6. The molecule has 6 aromatic carbocycles. The number of aromatic nitrogens is 6. The molecule has 1 saturated heterocycles. The monoisotopic (exact) mass is 1790 g/mol. The fourth-order valence-electron chi connectivity index (χ4n) is 18.4. The summed E-state index contributed by atoms with van der Waals surface area (Å²) >= 11 is 0. The van der Waals surface area contributed by atoms with Gasteiger partial charge in [-0.1, -0.05) is 54.6 Å². The van der Waals surface area contributed by atoms with Gasteiger partial charge in [0.2, 0.25) is 5.91 Å². The second kappa shape index (κ2) is 36.5. The lowest BCUT2D eigenvalue weighted by atomic mass is 9.76. The van der Waals surface area contributed by atoms with E-state index in [1.54, 1.807) is 23.1 Å². The second-order valence-corrected chi connectivity index (χ2v) is 37.2. The zero-order chi connectivity index (χ0) is 88.5. The molecule has 7 aliphatic rings. The lowest BCUT2D eigenvalue weighted by Gasteiger charge is -2.48. The Bertz CT molecular complexity index is 5740. The predicted molar refractivity (Wildman–Crippen MR) is 437 cm³/mol. The number of halogens is 12. The summed E-state index contributed by atoms with van der Waals surface area (Å²) in [5.41, 5.74) is 2.20. The highest BCUT2D eigenvalue weighted by Crippen LogP contribution is 2.49. The van der Waals surface area contributed by atoms with Crippen LogP contribution in [0.4, 0.5) is 87.2 Å². The topological polar surface area (TPSA) is 279 Å². The number of hydrogen-bond acceptors (Lipinski definition) is 19. The van der Waals surface area contributed by atoms with Gasteiger partial charge in [-0.3, -0.25) is 28.7 Å². The molecule has 3 aromatic heterocycles. The third kappa shape index (κ3) is 20.0. The third-order valence-electron chi connectivity index (χ3n) is 24.2. The number of alkyl halides is 9. The van der Waals surface area contributed by atoms with Gasteiger partial charge in [-0.25, -0.2) is 68.3 Å². The Hall–Kier alpha value is -10.6. The Morgan fingerprint density at radius 2 is 0.823 bits per heavy atom. The SMILES string of the molecule is CN(C)[C@H]1C[C@@H](c2cccc(C(F)(F)F)c2)CC[C@@H]1N1C(=O)CCc2cc(S(=O)(=O)Nc3ccncn3)c(F)cc21.CN(C)[C@H]1C[C@@H](c2cccc(C(F)(F)F)c2)CC[C@@H]1N1CCCc2cc(S(=O)(=O)Nc3ccncn3)c(F)cc21.O=C1COc2cc(S(=O)(=O)Nc3ccncn3)c(F)cc2N1[C@H]1CC[C@H](c2cccc(C(F)(F)F)c2)C[C@@H]1N1CCCC1. The summed E-state index contributed by atoms with van der Waals surface area (Å²) in [7, 11) is -5.34. The molecule has 4 aliphatic heterocycles. The number of rotatable bonds is 18. The van der Waals surface area contributed by atoms with E-state index in [4.69, 9.17) is 4.74 Å². The molecule has 16 rings (SSSR count). The molecule has 9 aromatic rings. The molecule has 0 bridgehead atoms. The summed E-state index contributed by atoms with van der Waals surface area (Å²) in [6.07, 6.45) is 2.99. The fourth-order valence-corrected chi connectivity index (χ4v) is 21.7. The maximum atomic E-state index is 15.5. The number of aryl methyl sites for hydroxylation is 2. The number of carbonyl (C=O) groups excluding carboxylic acids is 2. The van der Waals surface area contributed by atoms with Crippen LogP contribution in [0.5, 0.6) is 5.75 Å². The van der Waals surface area contributed by atoms with Crippen molar-refractivity contribution in [1.29, 1.82) is 0 Å². The number of nitrogens with one attached hydrogen (secondary N) is 3. The summed E-state index contributed by atoms with van der Waals surface area (Å²) in [6, 6.07) is 26.2. The Morgan fingerprint density at radius 1 is 0.419 bits per heavy atom. The van der Waals surface area contributed by atoms with Crippen LogP contribution in [-0.4, -0.2) is 172 Å². The first-order valence-electron chi connectivity index (χ1n) is 40.3. The summed E-state index contributed by atoms with van der Waals surface area (Å²) in [6.45, 7) is 1.88. The lowest BCUT2D eigenvalue weighted by molar-refractivity contribution is -0.138. The molecule has 7 heterocycles. The van der Waals surface area contributed by atoms with E-state index in [1.165, 1.54) is 103 Å². The van der Waals surface area contributed by atoms with E-state index in [-0.39, 0.29) is 102 Å². The molecule has 0 unspecified atom stereocenters. The van der Waals surface area contributed by atoms with Crippen molar-refractivity contribution >= 4 is 76.4 Å². The van der Waals surface area contributed by atoms with Crippen LogP contribution in [0.3, 0.4) is 0 Å². The van der Waals surface area contributed by atoms with Crippen LogP contribution in [0.1, 0.15) is 146 Å². The van der Waals surface area contributed by atoms with Crippen molar-refractivity contribution in [2.45, 2.75) is 184 Å². The number of nitrogens with zero attached hydrogens (tertiary/aromatic N) is 12. The Kier molecular flexibility index (Phi) is 26.4. The van der Waals surface area contributed by atoms with Gasteiger partial charge in [0.1, 0.15) is 74.3 Å². The normalized spacial score (nSPS) is 22.2. The highest BCUT2D eigenvalue weighted by atomic mass is 32.2. The van der Waals surface area contributed by atoms with E-state index in [0.29, 0.717) is 104 Å². The van der Waals surface area contributed by atoms with E-state index < -0.39 is 109 Å². The average molecular weight is 1790 g/mol. The van der Waals surface area contributed by atoms with E-state index in [0.717, 1.165) is 87.0 Å². The fraction of sp³-hybridized carbons (Fsp3) is 0.412. The van der Waals surface area contributed by atoms with Gasteiger partial charge in [0.15, 0.2) is 6.61 Å². The average Bonchev–Trinajstić information content (AvgIpc) is 1.01. The first-order chi connectivity index (χ1) is 58.8. The summed E-state index contributed by atoms with van der Waals surface area (Å²) in [4.78, 5) is 59.2. The number of carbonyl (C=O) groups is 2. The van der Waals surface area contributed by atoms with E-state index in [9.17, 15) is 74.4 Å². The smallest absolute Gasteiger partial charge is 0.416 e. The molecule has 3 saturated carbocycles. The van der Waals surface area contributed by atoms with Gasteiger partial charge in [-0.05, 0) is 237 Å². The van der Waals surface area contributed by atoms with E-state index in [2.05, 4.69) is 58.8 Å². The Balaban J connectivity index is 0.000000151. The van der Waals surface area contributed by atoms with Crippen LogP contribution in [0.2, 0.25) is 0 Å². The molecule has 2 amide bonds. The van der Waals surface area contributed by atoms with Crippen molar-refractivity contribution in [1.82, 2.24) is 44.6 Å². The molecule has 124 heavy (non-hydrogen) atoms. The molecule has 4 fully saturated rings. The minimum Gasteiger partial charge on any atom is -0.482 e. The van der Waals surface area contributed by atoms with Gasteiger partial charge < -0.3 is 29.2 Å². The van der Waals surface area contributed by atoms with Gasteiger partial charge in [-0.15, -0.1) is 0 Å². The zero-order valence-corrected chi connectivity index (χ0v) is 70.0. The Morgan fingerprint density at radius 3 is 1.27 bits per heavy atom. The second-order valence-electron chi connectivity index (χ2n) is 32.3. The molecular formula is C85H89F12N15O9S3. The standard InChI is InChI=1S/C29H29F4N5O4S.C28H29F4N5O3S.C28H31F4N5O2S/c30-21-14-24-25(15-26(21)43(40,41)36-27-8-9-34-17-35-27)42-16-28(39)38(24)22-7-6-19(13-23(22)37-10-1-2-11-37)18-4-3-5-20(12-18)29(31,32)33;1-36(2)24-13-18(17-4-3-5-20(12-17)28(30,31)32)6-8-22(24)37-23-15-21(29)25(14-19(23)7-9-27(37)38)41(39,40)35-26-10-11-33-16-34-26;1-36(2)25-14-19(18-5-3-7-21(13-18)28(30,31)32)8-9-23(25)37-12-4-6-20-15-26(22(29)16-24(20)37)40(38,39)35-27-10-11-33-17-34-27/h3-5,8-9,12,14-15,17,19,22-23H,1-2,6-7,10-11,13,16H2,(H,34,35,36);3-5,10-12,14-16,18,22,24H,6-9,13H2,1-2H3,(H,33,34,35);3,5,7,10-11,13,15-17,19,23,25H,4,6,8-9,12,14H2,1-2H3,(H,33,34,35)/t19-,22-,23-;18-,22-,24-;19-,23-,25-/m000/s1. The van der Waals surface area contributed by atoms with Crippen molar-refractivity contribution in [2.24, 2.45) is 0 Å². The summed E-state index contributed by atoms with van der Waals surface area (Å²) in [5.74, 6) is -3.86. The van der Waals surface area contributed by atoms with Crippen molar-refractivity contribution in [3.63, 3.8) is 0 Å².